The van der Waals surface area contributed by atoms with Crippen LogP contribution >= 0.6 is 11.6 Å². The number of nitrogens with zero attached hydrogens (tertiary/aromatic N) is 4. The van der Waals surface area contributed by atoms with Crippen molar-refractivity contribution in [2.45, 2.75) is 11.4 Å². The van der Waals surface area contributed by atoms with Crippen LogP contribution in [0.5, 0.6) is 0 Å². The molecule has 112 valence electrons. The van der Waals surface area contributed by atoms with E-state index in [0.29, 0.717) is 11.0 Å². The Morgan fingerprint density at radius 2 is 2.00 bits per heavy atom. The van der Waals surface area contributed by atoms with Crippen LogP contribution in [0.1, 0.15) is 5.56 Å². The number of nitrogens with one attached hydrogen (secondary N) is 1. The van der Waals surface area contributed by atoms with Crippen LogP contribution in [0, 0.1) is 0 Å². The lowest BCUT2D eigenvalue weighted by molar-refractivity contribution is 0.587. The number of hydrogen-bond donors (Lipinski definition) is 1. The number of rotatable bonds is 2. The van der Waals surface area contributed by atoms with Crippen LogP contribution < -0.4 is 4.31 Å². The number of aromatic amines is 1. The molecular weight excluding hydrogens is 326 g/mol. The van der Waals surface area contributed by atoms with Crippen molar-refractivity contribution >= 4 is 27.6 Å². The lowest BCUT2D eigenvalue weighted by Gasteiger charge is -2.27. The van der Waals surface area contributed by atoms with Gasteiger partial charge in [0.05, 0.1) is 17.6 Å². The van der Waals surface area contributed by atoms with Gasteiger partial charge in [-0.05, 0) is 24.3 Å². The van der Waals surface area contributed by atoms with Gasteiger partial charge in [-0.1, -0.05) is 11.6 Å². The first-order chi connectivity index (χ1) is 10.6. The number of sulfonamides is 1. The normalized spacial score (nSPS) is 13.8. The van der Waals surface area contributed by atoms with Gasteiger partial charge in [0.2, 0.25) is 5.95 Å². The SMILES string of the molecule is O=S(=O)(c1ccc(Cl)cc1)N1Cc2cn[nH]c2-n2ccnc21. The number of H-pyrrole nitrogens is 1. The van der Waals surface area contributed by atoms with Gasteiger partial charge in [0.25, 0.3) is 10.0 Å². The van der Waals surface area contributed by atoms with Crippen LogP contribution in [0.4, 0.5) is 5.95 Å². The third kappa shape index (κ3) is 1.84. The first-order valence-corrected chi connectivity index (χ1v) is 8.23. The van der Waals surface area contributed by atoms with Crippen molar-refractivity contribution in [3.8, 4) is 5.82 Å². The fourth-order valence-electron chi connectivity index (χ4n) is 2.43. The molecule has 3 aromatic rings. The average molecular weight is 336 g/mol. The molecule has 1 N–H and O–H groups in total. The number of hydrogen-bond acceptors (Lipinski definition) is 4. The highest BCUT2D eigenvalue weighted by Gasteiger charge is 2.33. The van der Waals surface area contributed by atoms with E-state index < -0.39 is 10.0 Å². The monoisotopic (exact) mass is 335 g/mol. The van der Waals surface area contributed by atoms with E-state index in [1.54, 1.807) is 35.3 Å². The first-order valence-electron chi connectivity index (χ1n) is 6.41. The molecule has 4 rings (SSSR count). The maximum absolute atomic E-state index is 12.9. The van der Waals surface area contributed by atoms with E-state index in [9.17, 15) is 8.42 Å². The van der Waals surface area contributed by atoms with Crippen LogP contribution in [0.2, 0.25) is 5.02 Å². The van der Waals surface area contributed by atoms with Crippen molar-refractivity contribution < 1.29 is 8.42 Å². The lowest BCUT2D eigenvalue weighted by Crippen LogP contribution is -2.35. The minimum Gasteiger partial charge on any atom is -0.269 e. The third-order valence-corrected chi connectivity index (χ3v) is 5.49. The number of fused-ring (bicyclic) bond motifs is 3. The first kappa shape index (κ1) is 13.4. The molecule has 0 saturated heterocycles. The van der Waals surface area contributed by atoms with E-state index >= 15 is 0 Å². The van der Waals surface area contributed by atoms with Crippen molar-refractivity contribution in [1.29, 1.82) is 0 Å². The maximum atomic E-state index is 12.9. The highest BCUT2D eigenvalue weighted by atomic mass is 35.5. The van der Waals surface area contributed by atoms with Crippen molar-refractivity contribution in [3.05, 3.63) is 53.4 Å². The highest BCUT2D eigenvalue weighted by molar-refractivity contribution is 7.92. The van der Waals surface area contributed by atoms with E-state index in [0.717, 1.165) is 11.4 Å². The molecule has 1 aromatic carbocycles. The Morgan fingerprint density at radius 3 is 2.77 bits per heavy atom. The Hall–Kier alpha value is -2.32. The third-order valence-electron chi connectivity index (χ3n) is 3.50. The van der Waals surface area contributed by atoms with Gasteiger partial charge < -0.3 is 0 Å². The molecule has 0 bridgehead atoms. The van der Waals surface area contributed by atoms with Crippen molar-refractivity contribution in [2.24, 2.45) is 0 Å². The number of anilines is 1. The van der Waals surface area contributed by atoms with E-state index in [4.69, 9.17) is 11.6 Å². The predicted molar refractivity (Wildman–Crippen MR) is 80.5 cm³/mol. The number of halogens is 1. The molecule has 1 aliphatic rings. The molecule has 0 spiro atoms. The van der Waals surface area contributed by atoms with Gasteiger partial charge in [-0.15, -0.1) is 0 Å². The van der Waals surface area contributed by atoms with Gasteiger partial charge in [0.15, 0.2) is 0 Å². The molecule has 0 atom stereocenters. The number of imidazole rings is 1. The van der Waals surface area contributed by atoms with Crippen molar-refractivity contribution in [3.63, 3.8) is 0 Å². The topological polar surface area (TPSA) is 83.9 Å². The molecular formula is C13H10ClN5O2S. The molecule has 0 aliphatic carbocycles. The molecule has 7 nitrogen and oxygen atoms in total. The highest BCUT2D eigenvalue weighted by Crippen LogP contribution is 2.32. The van der Waals surface area contributed by atoms with E-state index in [1.165, 1.54) is 16.4 Å². The van der Waals surface area contributed by atoms with Gasteiger partial charge >= 0.3 is 0 Å². The minimum atomic E-state index is -3.73. The Kier molecular flexibility index (Phi) is 2.78. The van der Waals surface area contributed by atoms with Gasteiger partial charge in [0.1, 0.15) is 5.82 Å². The molecule has 22 heavy (non-hydrogen) atoms. The Labute approximate surface area is 131 Å². The second kappa shape index (κ2) is 4.59. The van der Waals surface area contributed by atoms with Crippen LogP contribution in [0.25, 0.3) is 5.82 Å². The summed E-state index contributed by atoms with van der Waals surface area (Å²) in [6.45, 7) is 0.174. The molecule has 3 heterocycles. The summed E-state index contributed by atoms with van der Waals surface area (Å²) in [5, 5.41) is 7.31. The number of aromatic nitrogens is 4. The Balaban J connectivity index is 1.86. The van der Waals surface area contributed by atoms with Gasteiger partial charge in [0, 0.05) is 23.0 Å². The van der Waals surface area contributed by atoms with Gasteiger partial charge in [-0.3, -0.25) is 9.67 Å². The van der Waals surface area contributed by atoms with Crippen molar-refractivity contribution in [2.75, 3.05) is 4.31 Å². The summed E-state index contributed by atoms with van der Waals surface area (Å²) in [6.07, 6.45) is 4.86. The second-order valence-electron chi connectivity index (χ2n) is 4.81. The molecule has 0 amide bonds. The summed E-state index contributed by atoms with van der Waals surface area (Å²) in [4.78, 5) is 4.33. The predicted octanol–water partition coefficient (Wildman–Crippen LogP) is 1.96. The zero-order valence-corrected chi connectivity index (χ0v) is 12.7. The summed E-state index contributed by atoms with van der Waals surface area (Å²) in [6, 6.07) is 6.06. The number of benzene rings is 1. The molecule has 0 saturated carbocycles. The second-order valence-corrected chi connectivity index (χ2v) is 7.11. The fraction of sp³-hybridized carbons (Fsp3) is 0.0769. The largest absolute Gasteiger partial charge is 0.269 e. The molecule has 9 heteroatoms. The molecule has 2 aromatic heterocycles. The van der Waals surface area contributed by atoms with Crippen LogP contribution in [-0.4, -0.2) is 28.2 Å². The molecule has 1 aliphatic heterocycles. The Morgan fingerprint density at radius 1 is 1.23 bits per heavy atom. The average Bonchev–Trinajstić information content (AvgIpc) is 3.14. The molecule has 0 radical (unpaired) electrons. The fourth-order valence-corrected chi connectivity index (χ4v) is 3.95. The standard InChI is InChI=1S/C13H10ClN5O2S/c14-10-1-3-11(4-2-10)22(20,21)19-8-9-7-16-17-12(9)18-6-5-15-13(18)19/h1-7H,8H2,(H,16,17). The summed E-state index contributed by atoms with van der Waals surface area (Å²) in [7, 11) is -3.73. The molecule has 0 unspecified atom stereocenters. The van der Waals surface area contributed by atoms with E-state index in [2.05, 4.69) is 15.2 Å². The maximum Gasteiger partial charge on any atom is 0.266 e. The minimum absolute atomic E-state index is 0.165. The molecule has 0 fully saturated rings. The van der Waals surface area contributed by atoms with E-state index in [1.807, 2.05) is 0 Å². The smallest absolute Gasteiger partial charge is 0.266 e. The quantitative estimate of drug-likeness (QED) is 0.776. The lowest BCUT2D eigenvalue weighted by atomic mass is 10.3. The summed E-state index contributed by atoms with van der Waals surface area (Å²) < 4.78 is 28.7. The summed E-state index contributed by atoms with van der Waals surface area (Å²) in [5.41, 5.74) is 0.781. The zero-order chi connectivity index (χ0) is 15.3. The van der Waals surface area contributed by atoms with Crippen molar-refractivity contribution in [1.82, 2.24) is 19.7 Å². The van der Waals surface area contributed by atoms with Gasteiger partial charge in [-0.25, -0.2) is 17.7 Å². The van der Waals surface area contributed by atoms with Gasteiger partial charge in [-0.2, -0.15) is 5.10 Å². The van der Waals surface area contributed by atoms with Crippen LogP contribution in [0.3, 0.4) is 0 Å². The summed E-state index contributed by atoms with van der Waals surface area (Å²) >= 11 is 5.83. The zero-order valence-electron chi connectivity index (χ0n) is 11.1. The summed E-state index contributed by atoms with van der Waals surface area (Å²) in [5.74, 6) is 1.06. The van der Waals surface area contributed by atoms with Crippen LogP contribution in [-0.2, 0) is 16.6 Å². The van der Waals surface area contributed by atoms with Crippen LogP contribution in [0.15, 0.2) is 47.8 Å². The van der Waals surface area contributed by atoms with E-state index in [-0.39, 0.29) is 11.4 Å². The Bertz CT molecular complexity index is 945.